The maximum absolute atomic E-state index is 10.6. The van der Waals surface area contributed by atoms with Crippen LogP contribution in [0.4, 0.5) is 11.6 Å². The van der Waals surface area contributed by atoms with Crippen molar-refractivity contribution in [3.8, 4) is 0 Å². The molecule has 0 unspecified atom stereocenters. The molecule has 1 aromatic heterocycles. The molecule has 0 spiro atoms. The van der Waals surface area contributed by atoms with Crippen LogP contribution in [0.3, 0.4) is 0 Å². The number of nitrogens with two attached hydrogens (primary N) is 1. The van der Waals surface area contributed by atoms with Crippen molar-refractivity contribution in [3.05, 3.63) is 11.9 Å². The van der Waals surface area contributed by atoms with Crippen LogP contribution in [0.15, 0.2) is 6.07 Å². The molecule has 162 valence electrons. The Bertz CT molecular complexity index is 644. The van der Waals surface area contributed by atoms with E-state index in [1.165, 1.54) is 12.8 Å². The Morgan fingerprint density at radius 2 is 1.62 bits per heavy atom. The van der Waals surface area contributed by atoms with Crippen molar-refractivity contribution in [2.45, 2.75) is 44.8 Å². The van der Waals surface area contributed by atoms with Crippen LogP contribution in [0, 0.1) is 18.8 Å². The van der Waals surface area contributed by atoms with Crippen molar-refractivity contribution in [2.75, 3.05) is 36.8 Å². The topological polar surface area (TPSA) is 153 Å². The molecule has 1 saturated carbocycles. The number of carbonyl (C=O) groups is 2. The SMILES string of the molecule is Cc1nc(N)cc(N2C[C@H]3C[C@@H](N4CCCC4)[C@H](O)C[C@H]3C2)n1.O=CO.O=CO. The van der Waals surface area contributed by atoms with Crippen molar-refractivity contribution in [1.29, 1.82) is 0 Å². The summed E-state index contributed by atoms with van der Waals surface area (Å²) in [4.78, 5) is 30.3. The molecule has 10 heteroatoms. The van der Waals surface area contributed by atoms with Gasteiger partial charge in [0.05, 0.1) is 6.10 Å². The second-order valence-corrected chi connectivity index (χ2v) is 7.68. The largest absolute Gasteiger partial charge is 0.483 e. The van der Waals surface area contributed by atoms with Gasteiger partial charge in [-0.15, -0.1) is 0 Å². The van der Waals surface area contributed by atoms with E-state index in [2.05, 4.69) is 19.8 Å². The molecular weight excluding hydrogens is 378 g/mol. The Morgan fingerprint density at radius 3 is 2.17 bits per heavy atom. The first-order valence-corrected chi connectivity index (χ1v) is 9.87. The average molecular weight is 409 g/mol. The molecule has 1 aliphatic carbocycles. The second kappa shape index (κ2) is 10.9. The van der Waals surface area contributed by atoms with Gasteiger partial charge in [0.25, 0.3) is 12.9 Å². The van der Waals surface area contributed by atoms with E-state index >= 15 is 0 Å². The minimum atomic E-state index is -0.250. The molecular formula is C19H31N5O5. The zero-order valence-electron chi connectivity index (χ0n) is 16.7. The van der Waals surface area contributed by atoms with E-state index in [0.717, 1.165) is 50.7 Å². The quantitative estimate of drug-likeness (QED) is 0.506. The Balaban J connectivity index is 0.000000449. The molecule has 0 bridgehead atoms. The van der Waals surface area contributed by atoms with Crippen molar-refractivity contribution in [2.24, 2.45) is 11.8 Å². The molecule has 3 aliphatic rings. The van der Waals surface area contributed by atoms with Crippen LogP contribution in [-0.2, 0) is 9.59 Å². The molecule has 3 heterocycles. The van der Waals surface area contributed by atoms with Crippen LogP contribution in [0.25, 0.3) is 0 Å². The number of hydrogen-bond donors (Lipinski definition) is 4. The van der Waals surface area contributed by atoms with Crippen molar-refractivity contribution >= 4 is 24.6 Å². The number of nitrogen functional groups attached to an aromatic ring is 1. The Hall–Kier alpha value is -2.46. The molecule has 4 rings (SSSR count). The first-order valence-electron chi connectivity index (χ1n) is 9.87. The number of aliphatic hydroxyl groups excluding tert-OH is 1. The fraction of sp³-hybridized carbons (Fsp3) is 0.684. The van der Waals surface area contributed by atoms with E-state index < -0.39 is 0 Å². The number of anilines is 2. The molecule has 4 atom stereocenters. The lowest BCUT2D eigenvalue weighted by atomic mass is 9.77. The van der Waals surface area contributed by atoms with Crippen LogP contribution in [0.5, 0.6) is 0 Å². The zero-order valence-corrected chi connectivity index (χ0v) is 16.7. The summed E-state index contributed by atoms with van der Waals surface area (Å²) in [5.74, 6) is 3.43. The van der Waals surface area contributed by atoms with E-state index in [0.29, 0.717) is 23.7 Å². The van der Waals surface area contributed by atoms with Gasteiger partial charge in [0.2, 0.25) is 0 Å². The minimum absolute atomic E-state index is 0.175. The Kier molecular flexibility index (Phi) is 8.59. The van der Waals surface area contributed by atoms with Crippen LogP contribution in [-0.4, -0.2) is 81.5 Å². The summed E-state index contributed by atoms with van der Waals surface area (Å²) in [6.45, 7) is 5.70. The summed E-state index contributed by atoms with van der Waals surface area (Å²) in [5.41, 5.74) is 5.88. The number of likely N-dealkylation sites (tertiary alicyclic amines) is 1. The summed E-state index contributed by atoms with van der Waals surface area (Å²) in [5, 5.41) is 24.4. The van der Waals surface area contributed by atoms with Crippen molar-refractivity contribution in [3.63, 3.8) is 0 Å². The lowest BCUT2D eigenvalue weighted by molar-refractivity contribution is -0.123. The summed E-state index contributed by atoms with van der Waals surface area (Å²) in [6, 6.07) is 2.23. The highest BCUT2D eigenvalue weighted by Crippen LogP contribution is 2.40. The number of aromatic nitrogens is 2. The fourth-order valence-corrected chi connectivity index (χ4v) is 4.80. The van der Waals surface area contributed by atoms with E-state index in [1.807, 2.05) is 13.0 Å². The molecule has 2 aliphatic heterocycles. The van der Waals surface area contributed by atoms with Gasteiger partial charge in [-0.1, -0.05) is 0 Å². The zero-order chi connectivity index (χ0) is 21.4. The highest BCUT2D eigenvalue weighted by Gasteiger charge is 2.44. The van der Waals surface area contributed by atoms with Gasteiger partial charge in [-0.3, -0.25) is 14.5 Å². The number of carboxylic acid groups (broad SMARTS) is 2. The third-order valence-electron chi connectivity index (χ3n) is 5.89. The minimum Gasteiger partial charge on any atom is -0.483 e. The van der Waals surface area contributed by atoms with Crippen LogP contribution in [0.2, 0.25) is 0 Å². The van der Waals surface area contributed by atoms with Crippen molar-refractivity contribution in [1.82, 2.24) is 14.9 Å². The number of rotatable bonds is 2. The molecule has 0 aromatic carbocycles. The van der Waals surface area contributed by atoms with Crippen LogP contribution in [0.1, 0.15) is 31.5 Å². The lowest BCUT2D eigenvalue weighted by Crippen LogP contribution is -2.48. The highest BCUT2D eigenvalue weighted by atomic mass is 16.3. The smallest absolute Gasteiger partial charge is 0.290 e. The molecule has 0 amide bonds. The van der Waals surface area contributed by atoms with Gasteiger partial charge in [0, 0.05) is 25.2 Å². The number of aliphatic hydroxyl groups is 1. The van der Waals surface area contributed by atoms with E-state index in [9.17, 15) is 5.11 Å². The van der Waals surface area contributed by atoms with Gasteiger partial charge < -0.3 is 26.0 Å². The standard InChI is InChI=1S/C17H27N5O.2CH2O2/c1-11-19-16(18)8-17(20-11)22-9-12-6-14(21-4-2-3-5-21)15(23)7-13(12)10-22;2*2-1-3/h8,12-15,23H,2-7,9-10H2,1H3,(H2,18,19,20);2*1H,(H,2,3)/t12-,13+,14-,15-;;/m1../s1. The number of aryl methyl sites for hydroxylation is 1. The molecule has 1 aromatic rings. The summed E-state index contributed by atoms with van der Waals surface area (Å²) in [7, 11) is 0. The van der Waals surface area contributed by atoms with Gasteiger partial charge in [-0.25, -0.2) is 9.97 Å². The number of hydrogen-bond acceptors (Lipinski definition) is 8. The molecule has 3 fully saturated rings. The third-order valence-corrected chi connectivity index (χ3v) is 5.89. The van der Waals surface area contributed by atoms with Gasteiger partial charge in [0.15, 0.2) is 0 Å². The van der Waals surface area contributed by atoms with E-state index in [4.69, 9.17) is 25.5 Å². The fourth-order valence-electron chi connectivity index (χ4n) is 4.80. The van der Waals surface area contributed by atoms with Crippen molar-refractivity contribution < 1.29 is 24.9 Å². The molecule has 0 radical (unpaired) electrons. The Labute approximate surface area is 170 Å². The second-order valence-electron chi connectivity index (χ2n) is 7.68. The van der Waals surface area contributed by atoms with Gasteiger partial charge in [0.1, 0.15) is 17.5 Å². The Morgan fingerprint density at radius 1 is 1.07 bits per heavy atom. The van der Waals surface area contributed by atoms with Gasteiger partial charge in [-0.2, -0.15) is 0 Å². The normalized spacial score (nSPS) is 28.4. The first kappa shape index (κ1) is 22.8. The summed E-state index contributed by atoms with van der Waals surface area (Å²) < 4.78 is 0. The highest BCUT2D eigenvalue weighted by molar-refractivity contribution is 5.48. The predicted molar refractivity (Wildman–Crippen MR) is 108 cm³/mol. The molecule has 2 saturated heterocycles. The van der Waals surface area contributed by atoms with Crippen LogP contribution < -0.4 is 10.6 Å². The third kappa shape index (κ3) is 6.01. The van der Waals surface area contributed by atoms with Crippen LogP contribution >= 0.6 is 0 Å². The van der Waals surface area contributed by atoms with E-state index in [1.54, 1.807) is 0 Å². The maximum Gasteiger partial charge on any atom is 0.290 e. The summed E-state index contributed by atoms with van der Waals surface area (Å²) in [6.07, 6.45) is 4.42. The summed E-state index contributed by atoms with van der Waals surface area (Å²) >= 11 is 0. The number of fused-ring (bicyclic) bond motifs is 1. The van der Waals surface area contributed by atoms with E-state index in [-0.39, 0.29) is 19.0 Å². The molecule has 29 heavy (non-hydrogen) atoms. The predicted octanol–water partition coefficient (Wildman–Crippen LogP) is 0.440. The molecule has 5 N–H and O–H groups in total. The number of nitrogens with zero attached hydrogens (tertiary/aromatic N) is 4. The first-order chi connectivity index (χ1) is 13.9. The maximum atomic E-state index is 10.6. The molecule has 10 nitrogen and oxygen atoms in total. The van der Waals surface area contributed by atoms with Gasteiger partial charge >= 0.3 is 0 Å². The monoisotopic (exact) mass is 409 g/mol. The lowest BCUT2D eigenvalue weighted by Gasteiger charge is -2.40. The average Bonchev–Trinajstić information content (AvgIpc) is 3.31. The van der Waals surface area contributed by atoms with Gasteiger partial charge in [-0.05, 0) is 57.5 Å².